The van der Waals surface area contributed by atoms with E-state index in [0.29, 0.717) is 13.0 Å². The van der Waals surface area contributed by atoms with Crippen LogP contribution in [0, 0.1) is 12.8 Å². The topological polar surface area (TPSA) is 82.3 Å². The molecule has 0 unspecified atom stereocenters. The van der Waals surface area contributed by atoms with Gasteiger partial charge in [-0.2, -0.15) is 0 Å². The number of aromatic nitrogens is 1. The van der Waals surface area contributed by atoms with E-state index in [4.69, 9.17) is 0 Å². The van der Waals surface area contributed by atoms with Gasteiger partial charge in [-0.15, -0.1) is 0 Å². The van der Waals surface area contributed by atoms with Crippen LogP contribution < -0.4 is 10.9 Å². The van der Waals surface area contributed by atoms with E-state index in [2.05, 4.69) is 10.3 Å². The Morgan fingerprint density at radius 3 is 2.80 bits per heavy atom. The number of nitrogens with one attached hydrogen (secondary N) is 2. The van der Waals surface area contributed by atoms with Crippen LogP contribution in [0.4, 0.5) is 5.69 Å². The molecule has 1 fully saturated rings. The van der Waals surface area contributed by atoms with Crippen LogP contribution in [0.5, 0.6) is 0 Å². The van der Waals surface area contributed by atoms with E-state index in [1.54, 1.807) is 31.0 Å². The molecule has 0 radical (unpaired) electrons. The van der Waals surface area contributed by atoms with Crippen molar-refractivity contribution >= 4 is 17.5 Å². The van der Waals surface area contributed by atoms with Crippen molar-refractivity contribution in [1.29, 1.82) is 0 Å². The Hall–Kier alpha value is -2.11. The van der Waals surface area contributed by atoms with Crippen molar-refractivity contribution in [2.24, 2.45) is 5.92 Å². The molecule has 2 amide bonds. The van der Waals surface area contributed by atoms with Gasteiger partial charge in [0.1, 0.15) is 11.6 Å². The molecule has 1 aromatic heterocycles. The monoisotopic (exact) mass is 277 g/mol. The van der Waals surface area contributed by atoms with Gasteiger partial charge in [0.25, 0.3) is 5.56 Å². The molecule has 108 valence electrons. The SMILES string of the molecule is Cc1ccc(NC(=O)[C@H]2CCCCN(C)C2=O)c(=O)[nH]1. The van der Waals surface area contributed by atoms with Crippen LogP contribution in [0.15, 0.2) is 16.9 Å². The summed E-state index contributed by atoms with van der Waals surface area (Å²) in [6.45, 7) is 2.44. The third kappa shape index (κ3) is 3.07. The third-order valence-corrected chi connectivity index (χ3v) is 3.54. The number of anilines is 1. The number of pyridine rings is 1. The number of rotatable bonds is 2. The summed E-state index contributed by atoms with van der Waals surface area (Å²) in [5.41, 5.74) is 0.548. The summed E-state index contributed by atoms with van der Waals surface area (Å²) < 4.78 is 0. The molecule has 20 heavy (non-hydrogen) atoms. The number of carbonyl (C=O) groups excluding carboxylic acids is 2. The highest BCUT2D eigenvalue weighted by Gasteiger charge is 2.31. The van der Waals surface area contributed by atoms with Crippen LogP contribution in [-0.4, -0.2) is 35.3 Å². The maximum absolute atomic E-state index is 12.2. The number of likely N-dealkylation sites (tertiary alicyclic amines) is 1. The van der Waals surface area contributed by atoms with E-state index < -0.39 is 11.8 Å². The second kappa shape index (κ2) is 5.90. The van der Waals surface area contributed by atoms with Gasteiger partial charge in [-0.1, -0.05) is 6.42 Å². The van der Waals surface area contributed by atoms with Gasteiger partial charge in [-0.05, 0) is 31.9 Å². The summed E-state index contributed by atoms with van der Waals surface area (Å²) in [6.07, 6.45) is 2.26. The molecule has 0 bridgehead atoms. The van der Waals surface area contributed by atoms with Crippen LogP contribution in [0.25, 0.3) is 0 Å². The molecule has 2 heterocycles. The molecule has 2 rings (SSSR count). The number of H-pyrrole nitrogens is 1. The van der Waals surface area contributed by atoms with Crippen molar-refractivity contribution in [3.05, 3.63) is 28.2 Å². The second-order valence-corrected chi connectivity index (χ2v) is 5.18. The second-order valence-electron chi connectivity index (χ2n) is 5.18. The van der Waals surface area contributed by atoms with E-state index in [1.807, 2.05) is 0 Å². The highest BCUT2D eigenvalue weighted by Crippen LogP contribution is 2.18. The molecule has 6 heteroatoms. The summed E-state index contributed by atoms with van der Waals surface area (Å²) >= 11 is 0. The van der Waals surface area contributed by atoms with Gasteiger partial charge in [0, 0.05) is 19.3 Å². The van der Waals surface area contributed by atoms with Crippen molar-refractivity contribution < 1.29 is 9.59 Å². The van der Waals surface area contributed by atoms with E-state index >= 15 is 0 Å². The number of carbonyl (C=O) groups is 2. The molecule has 0 aliphatic carbocycles. The van der Waals surface area contributed by atoms with E-state index in [0.717, 1.165) is 18.5 Å². The molecule has 1 aliphatic heterocycles. The van der Waals surface area contributed by atoms with E-state index in [-0.39, 0.29) is 17.2 Å². The lowest BCUT2D eigenvalue weighted by molar-refractivity contribution is -0.138. The lowest BCUT2D eigenvalue weighted by Crippen LogP contribution is -2.38. The predicted molar refractivity (Wildman–Crippen MR) is 75.4 cm³/mol. The van der Waals surface area contributed by atoms with Crippen molar-refractivity contribution in [2.45, 2.75) is 26.2 Å². The zero-order valence-electron chi connectivity index (χ0n) is 11.7. The minimum atomic E-state index is -0.705. The van der Waals surface area contributed by atoms with E-state index in [1.165, 1.54) is 0 Å². The molecule has 1 aliphatic rings. The zero-order chi connectivity index (χ0) is 14.7. The Morgan fingerprint density at radius 1 is 1.35 bits per heavy atom. The number of amides is 2. The maximum atomic E-state index is 12.2. The molecule has 0 aromatic carbocycles. The average Bonchev–Trinajstić information content (AvgIpc) is 2.56. The Balaban J connectivity index is 2.14. The standard InChI is InChI=1S/C14H19N3O3/c1-9-6-7-11(13(19)15-9)16-12(18)10-5-3-4-8-17(2)14(10)20/h6-7,10H,3-5,8H2,1-2H3,(H,15,19)(H,16,18)/t10-/m1/s1. The van der Waals surface area contributed by atoms with Crippen LogP contribution >= 0.6 is 0 Å². The summed E-state index contributed by atoms with van der Waals surface area (Å²) in [6, 6.07) is 3.26. The highest BCUT2D eigenvalue weighted by atomic mass is 16.2. The minimum Gasteiger partial charge on any atom is -0.345 e. The van der Waals surface area contributed by atoms with Crippen molar-refractivity contribution in [3.8, 4) is 0 Å². The molecule has 1 saturated heterocycles. The predicted octanol–water partition coefficient (Wildman–Crippen LogP) is 0.880. The maximum Gasteiger partial charge on any atom is 0.271 e. The number of nitrogens with zero attached hydrogens (tertiary/aromatic N) is 1. The summed E-state index contributed by atoms with van der Waals surface area (Å²) in [5.74, 6) is -1.29. The van der Waals surface area contributed by atoms with Crippen molar-refractivity contribution in [3.63, 3.8) is 0 Å². The third-order valence-electron chi connectivity index (χ3n) is 3.54. The van der Waals surface area contributed by atoms with Crippen LogP contribution in [0.3, 0.4) is 0 Å². The fourth-order valence-corrected chi connectivity index (χ4v) is 2.33. The molecule has 1 aromatic rings. The molecule has 2 N–H and O–H groups in total. The van der Waals surface area contributed by atoms with Gasteiger partial charge in [0.2, 0.25) is 11.8 Å². The Kier molecular flexibility index (Phi) is 4.22. The molecular formula is C14H19N3O3. The first kappa shape index (κ1) is 14.3. The Bertz CT molecular complexity index is 579. The van der Waals surface area contributed by atoms with Gasteiger partial charge in [0.15, 0.2) is 0 Å². The van der Waals surface area contributed by atoms with Gasteiger partial charge in [-0.25, -0.2) is 0 Å². The molecule has 0 saturated carbocycles. The smallest absolute Gasteiger partial charge is 0.271 e. The van der Waals surface area contributed by atoms with E-state index in [9.17, 15) is 14.4 Å². The number of aryl methyl sites for hydroxylation is 1. The lowest BCUT2D eigenvalue weighted by atomic mass is 10.0. The largest absolute Gasteiger partial charge is 0.345 e. The summed E-state index contributed by atoms with van der Waals surface area (Å²) in [7, 11) is 1.70. The summed E-state index contributed by atoms with van der Waals surface area (Å²) in [4.78, 5) is 40.2. The fourth-order valence-electron chi connectivity index (χ4n) is 2.33. The first-order valence-corrected chi connectivity index (χ1v) is 6.75. The number of hydrogen-bond acceptors (Lipinski definition) is 3. The van der Waals surface area contributed by atoms with Crippen molar-refractivity contribution in [2.75, 3.05) is 18.9 Å². The normalized spacial score (nSPS) is 19.6. The molecule has 0 spiro atoms. The molecule has 6 nitrogen and oxygen atoms in total. The Labute approximate surface area is 117 Å². The average molecular weight is 277 g/mol. The number of aromatic amines is 1. The minimum absolute atomic E-state index is 0.177. The zero-order valence-corrected chi connectivity index (χ0v) is 11.7. The summed E-state index contributed by atoms with van der Waals surface area (Å²) in [5, 5.41) is 2.56. The quantitative estimate of drug-likeness (QED) is 0.787. The van der Waals surface area contributed by atoms with Crippen LogP contribution in [-0.2, 0) is 9.59 Å². The van der Waals surface area contributed by atoms with Gasteiger partial charge in [-0.3, -0.25) is 14.4 Å². The Morgan fingerprint density at radius 2 is 2.10 bits per heavy atom. The number of hydrogen-bond donors (Lipinski definition) is 2. The first-order valence-electron chi connectivity index (χ1n) is 6.75. The van der Waals surface area contributed by atoms with Gasteiger partial charge in [0.05, 0.1) is 0 Å². The van der Waals surface area contributed by atoms with Gasteiger partial charge >= 0.3 is 0 Å². The van der Waals surface area contributed by atoms with Crippen molar-refractivity contribution in [1.82, 2.24) is 9.88 Å². The molecule has 1 atom stereocenters. The first-order chi connectivity index (χ1) is 9.49. The van der Waals surface area contributed by atoms with Crippen LogP contribution in [0.1, 0.15) is 25.0 Å². The fraction of sp³-hybridized carbons (Fsp3) is 0.500. The highest BCUT2D eigenvalue weighted by molar-refractivity contribution is 6.06. The van der Waals surface area contributed by atoms with Gasteiger partial charge < -0.3 is 15.2 Å². The molecular weight excluding hydrogens is 258 g/mol. The lowest BCUT2D eigenvalue weighted by Gasteiger charge is -2.19. The van der Waals surface area contributed by atoms with Crippen LogP contribution in [0.2, 0.25) is 0 Å².